The van der Waals surface area contributed by atoms with Crippen molar-refractivity contribution in [1.29, 1.82) is 0 Å². The van der Waals surface area contributed by atoms with Crippen LogP contribution in [-0.4, -0.2) is 34.6 Å². The van der Waals surface area contributed by atoms with Gasteiger partial charge in [0.15, 0.2) is 0 Å². The highest BCUT2D eigenvalue weighted by atomic mass is 35.5. The molecule has 0 heterocycles. The first kappa shape index (κ1) is 20.9. The molecule has 0 unspecified atom stereocenters. The number of ether oxygens (including phenoxy) is 2. The minimum absolute atomic E-state index is 0.158. The molecule has 2 aromatic rings. The Bertz CT molecular complexity index is 935. The smallest absolute Gasteiger partial charge is 0.242 e. The summed E-state index contributed by atoms with van der Waals surface area (Å²) >= 11 is 6.01. The quantitative estimate of drug-likeness (QED) is 0.723. The Morgan fingerprint density at radius 1 is 1.11 bits per heavy atom. The molecule has 27 heavy (non-hydrogen) atoms. The lowest BCUT2D eigenvalue weighted by molar-refractivity contribution is -0.117. The maximum Gasteiger partial charge on any atom is 0.242 e. The molecule has 0 radical (unpaired) electrons. The number of amides is 1. The fourth-order valence-corrected chi connectivity index (χ4v) is 3.60. The standard InChI is InChI=1S/C17H18ClFN2O5S/c1-10(21-27(23,24)12-6-4-11(19)5-7-12)17(22)20-14-9-15(25-2)13(18)8-16(14)26-3/h4-10,21H,1-3H3,(H,20,22)/t10-/m1/s1. The molecule has 2 rings (SSSR count). The molecule has 0 bridgehead atoms. The molecule has 0 aromatic heterocycles. The number of methoxy groups -OCH3 is 2. The Balaban J connectivity index is 2.17. The molecule has 0 saturated heterocycles. The summed E-state index contributed by atoms with van der Waals surface area (Å²) in [5.41, 5.74) is 0.261. The lowest BCUT2D eigenvalue weighted by Gasteiger charge is -2.17. The monoisotopic (exact) mass is 416 g/mol. The molecule has 0 fully saturated rings. The van der Waals surface area contributed by atoms with E-state index in [1.165, 1.54) is 33.3 Å². The van der Waals surface area contributed by atoms with Crippen molar-refractivity contribution in [3.05, 3.63) is 47.2 Å². The van der Waals surface area contributed by atoms with Crippen LogP contribution in [-0.2, 0) is 14.8 Å². The Morgan fingerprint density at radius 3 is 2.26 bits per heavy atom. The van der Waals surface area contributed by atoms with Gasteiger partial charge < -0.3 is 14.8 Å². The van der Waals surface area contributed by atoms with Crippen LogP contribution in [0.2, 0.25) is 5.02 Å². The minimum Gasteiger partial charge on any atom is -0.495 e. The minimum atomic E-state index is -4.00. The molecule has 0 aliphatic heterocycles. The van der Waals surface area contributed by atoms with E-state index in [-0.39, 0.29) is 21.4 Å². The molecule has 0 saturated carbocycles. The second kappa shape index (κ2) is 8.55. The number of sulfonamides is 1. The fraction of sp³-hybridized carbons (Fsp3) is 0.235. The average molecular weight is 417 g/mol. The normalized spacial score (nSPS) is 12.3. The van der Waals surface area contributed by atoms with Crippen LogP contribution < -0.4 is 19.5 Å². The van der Waals surface area contributed by atoms with Gasteiger partial charge in [-0.25, -0.2) is 12.8 Å². The zero-order chi connectivity index (χ0) is 20.2. The van der Waals surface area contributed by atoms with Crippen LogP contribution in [0.25, 0.3) is 0 Å². The predicted molar refractivity (Wildman–Crippen MR) is 99.4 cm³/mol. The molecule has 146 valence electrons. The summed E-state index contributed by atoms with van der Waals surface area (Å²) in [6.45, 7) is 1.37. The van der Waals surface area contributed by atoms with Gasteiger partial charge in [0.25, 0.3) is 0 Å². The van der Waals surface area contributed by atoms with E-state index in [1.807, 2.05) is 0 Å². The van der Waals surface area contributed by atoms with Gasteiger partial charge in [0.2, 0.25) is 15.9 Å². The van der Waals surface area contributed by atoms with E-state index in [4.69, 9.17) is 21.1 Å². The number of carbonyl (C=O) groups is 1. The first-order valence-electron chi connectivity index (χ1n) is 7.68. The van der Waals surface area contributed by atoms with Gasteiger partial charge in [-0.2, -0.15) is 4.72 Å². The molecule has 1 amide bonds. The maximum atomic E-state index is 13.0. The van der Waals surface area contributed by atoms with E-state index in [2.05, 4.69) is 10.0 Å². The highest BCUT2D eigenvalue weighted by Crippen LogP contribution is 2.35. The molecule has 2 aromatic carbocycles. The van der Waals surface area contributed by atoms with Gasteiger partial charge in [-0.15, -0.1) is 0 Å². The molecule has 0 aliphatic carbocycles. The molecule has 0 aliphatic rings. The zero-order valence-corrected chi connectivity index (χ0v) is 16.3. The van der Waals surface area contributed by atoms with Crippen molar-refractivity contribution in [3.63, 3.8) is 0 Å². The highest BCUT2D eigenvalue weighted by molar-refractivity contribution is 7.89. The summed E-state index contributed by atoms with van der Waals surface area (Å²) in [4.78, 5) is 12.2. The van der Waals surface area contributed by atoms with Crippen LogP contribution in [0.3, 0.4) is 0 Å². The summed E-state index contributed by atoms with van der Waals surface area (Å²) in [5, 5.41) is 2.85. The van der Waals surface area contributed by atoms with Gasteiger partial charge in [-0.1, -0.05) is 11.6 Å². The van der Waals surface area contributed by atoms with Crippen LogP contribution in [0.15, 0.2) is 41.3 Å². The molecular formula is C17H18ClFN2O5S. The third-order valence-electron chi connectivity index (χ3n) is 3.58. The van der Waals surface area contributed by atoms with Crippen LogP contribution in [0.4, 0.5) is 10.1 Å². The third-order valence-corrected chi connectivity index (χ3v) is 5.43. The molecule has 7 nitrogen and oxygen atoms in total. The predicted octanol–water partition coefficient (Wildman–Crippen LogP) is 2.80. The van der Waals surface area contributed by atoms with Crippen LogP contribution in [0.5, 0.6) is 11.5 Å². The third kappa shape index (κ3) is 5.09. The second-order valence-corrected chi connectivity index (χ2v) is 7.59. The lowest BCUT2D eigenvalue weighted by Crippen LogP contribution is -2.41. The fourth-order valence-electron chi connectivity index (χ4n) is 2.17. The van der Waals surface area contributed by atoms with Gasteiger partial charge in [0, 0.05) is 12.1 Å². The van der Waals surface area contributed by atoms with Gasteiger partial charge in [-0.3, -0.25) is 4.79 Å². The number of hydrogen-bond acceptors (Lipinski definition) is 5. The number of carbonyl (C=O) groups excluding carboxylic acids is 1. The number of halogens is 2. The maximum absolute atomic E-state index is 13.0. The summed E-state index contributed by atoms with van der Waals surface area (Å²) in [6, 6.07) is 6.05. The number of anilines is 1. The van der Waals surface area contributed by atoms with Crippen molar-refractivity contribution in [3.8, 4) is 11.5 Å². The van der Waals surface area contributed by atoms with Crippen molar-refractivity contribution in [2.75, 3.05) is 19.5 Å². The largest absolute Gasteiger partial charge is 0.495 e. The van der Waals surface area contributed by atoms with Crippen molar-refractivity contribution in [2.24, 2.45) is 0 Å². The van der Waals surface area contributed by atoms with Gasteiger partial charge in [-0.05, 0) is 31.2 Å². The van der Waals surface area contributed by atoms with E-state index in [9.17, 15) is 17.6 Å². The molecular weight excluding hydrogens is 399 g/mol. The van der Waals surface area contributed by atoms with E-state index in [1.54, 1.807) is 0 Å². The number of hydrogen-bond donors (Lipinski definition) is 2. The summed E-state index contributed by atoms with van der Waals surface area (Å²) in [5.74, 6) is -0.609. The van der Waals surface area contributed by atoms with Gasteiger partial charge >= 0.3 is 0 Å². The van der Waals surface area contributed by atoms with Gasteiger partial charge in [0.1, 0.15) is 17.3 Å². The Labute approximate surface area is 161 Å². The number of rotatable bonds is 7. The van der Waals surface area contributed by atoms with E-state index in [0.717, 1.165) is 24.3 Å². The van der Waals surface area contributed by atoms with Crippen molar-refractivity contribution in [1.82, 2.24) is 4.72 Å². The Hall–Kier alpha value is -2.36. The first-order valence-corrected chi connectivity index (χ1v) is 9.54. The first-order chi connectivity index (χ1) is 12.7. The molecule has 10 heteroatoms. The summed E-state index contributed by atoms with van der Waals surface area (Å²) < 4.78 is 50.0. The molecule has 0 spiro atoms. The second-order valence-electron chi connectivity index (χ2n) is 5.47. The topological polar surface area (TPSA) is 93.7 Å². The summed E-state index contributed by atoms with van der Waals surface area (Å²) in [6.07, 6.45) is 0. The zero-order valence-electron chi connectivity index (χ0n) is 14.7. The highest BCUT2D eigenvalue weighted by Gasteiger charge is 2.23. The number of benzene rings is 2. The Morgan fingerprint density at radius 2 is 1.70 bits per heavy atom. The molecule has 2 N–H and O–H groups in total. The van der Waals surface area contributed by atoms with E-state index in [0.29, 0.717) is 5.75 Å². The van der Waals surface area contributed by atoms with Crippen molar-refractivity contribution >= 4 is 33.2 Å². The average Bonchev–Trinajstić information content (AvgIpc) is 2.62. The lowest BCUT2D eigenvalue weighted by atomic mass is 10.2. The van der Waals surface area contributed by atoms with E-state index < -0.39 is 27.8 Å². The SMILES string of the molecule is COc1cc(NC(=O)[C@@H](C)NS(=O)(=O)c2ccc(F)cc2)c(OC)cc1Cl. The van der Waals surface area contributed by atoms with E-state index >= 15 is 0 Å². The van der Waals surface area contributed by atoms with Crippen LogP contribution >= 0.6 is 11.6 Å². The van der Waals surface area contributed by atoms with Crippen LogP contribution in [0.1, 0.15) is 6.92 Å². The van der Waals surface area contributed by atoms with Crippen molar-refractivity contribution in [2.45, 2.75) is 17.9 Å². The van der Waals surface area contributed by atoms with Crippen molar-refractivity contribution < 1.29 is 27.1 Å². The van der Waals surface area contributed by atoms with Crippen LogP contribution in [0, 0.1) is 5.82 Å². The van der Waals surface area contributed by atoms with Gasteiger partial charge in [0.05, 0.1) is 35.9 Å². The summed E-state index contributed by atoms with van der Waals surface area (Å²) in [7, 11) is -1.19. The Kier molecular flexibility index (Phi) is 6.63. The molecule has 1 atom stereocenters. The number of nitrogens with one attached hydrogen (secondary N) is 2.